The normalized spacial score (nSPS) is 19.6. The van der Waals surface area contributed by atoms with E-state index in [-0.39, 0.29) is 30.7 Å². The Morgan fingerprint density at radius 3 is 2.48 bits per heavy atom. The van der Waals surface area contributed by atoms with Crippen molar-refractivity contribution in [3.8, 4) is 0 Å². The molecule has 2 fully saturated rings. The first-order chi connectivity index (χ1) is 11.2. The zero-order valence-electron chi connectivity index (χ0n) is 14.5. The average molecular weight is 390 g/mol. The predicted octanol–water partition coefficient (Wildman–Crippen LogP) is 2.25. The molecule has 0 aromatic heterocycles. The standard InChI is InChI=1S/C18H27N3O2.2ClH/c19-18(6-1-2-7-18)17(22)20-13-15-4-3-5-16(12-15)14-21-8-10-23-11-9-21;;/h3-5,12H,1-2,6-11,13-14,19H2,(H,20,22);2*1H. The van der Waals surface area contributed by atoms with Crippen LogP contribution in [0, 0.1) is 0 Å². The molecule has 1 saturated heterocycles. The van der Waals surface area contributed by atoms with E-state index in [0.717, 1.165) is 64.1 Å². The second-order valence-electron chi connectivity index (χ2n) is 6.75. The van der Waals surface area contributed by atoms with Gasteiger partial charge in [0, 0.05) is 26.2 Å². The minimum Gasteiger partial charge on any atom is -0.379 e. The summed E-state index contributed by atoms with van der Waals surface area (Å²) in [7, 11) is 0. The number of benzene rings is 1. The molecule has 2 aliphatic rings. The molecule has 1 aliphatic heterocycles. The summed E-state index contributed by atoms with van der Waals surface area (Å²) < 4.78 is 5.38. The van der Waals surface area contributed by atoms with Gasteiger partial charge in [-0.25, -0.2) is 0 Å². The number of carbonyl (C=O) groups is 1. The van der Waals surface area contributed by atoms with Gasteiger partial charge in [0.25, 0.3) is 0 Å². The molecule has 142 valence electrons. The highest BCUT2D eigenvalue weighted by Crippen LogP contribution is 2.27. The van der Waals surface area contributed by atoms with Crippen molar-refractivity contribution >= 4 is 30.7 Å². The van der Waals surface area contributed by atoms with Crippen LogP contribution in [-0.2, 0) is 22.6 Å². The molecule has 3 rings (SSSR count). The Bertz CT molecular complexity index is 545. The maximum absolute atomic E-state index is 12.3. The number of ether oxygens (including phenoxy) is 1. The quantitative estimate of drug-likeness (QED) is 0.810. The maximum Gasteiger partial charge on any atom is 0.240 e. The second-order valence-corrected chi connectivity index (χ2v) is 6.75. The van der Waals surface area contributed by atoms with E-state index in [0.29, 0.717) is 6.54 Å². The highest BCUT2D eigenvalue weighted by molar-refractivity contribution is 5.86. The van der Waals surface area contributed by atoms with E-state index < -0.39 is 5.54 Å². The van der Waals surface area contributed by atoms with Crippen LogP contribution in [0.25, 0.3) is 0 Å². The van der Waals surface area contributed by atoms with Crippen LogP contribution < -0.4 is 11.1 Å². The Labute approximate surface area is 162 Å². The van der Waals surface area contributed by atoms with E-state index in [4.69, 9.17) is 10.5 Å². The maximum atomic E-state index is 12.3. The third kappa shape index (κ3) is 6.12. The van der Waals surface area contributed by atoms with Gasteiger partial charge in [0.2, 0.25) is 5.91 Å². The summed E-state index contributed by atoms with van der Waals surface area (Å²) in [5.74, 6) is -0.00594. The molecular formula is C18H29Cl2N3O2. The molecule has 5 nitrogen and oxygen atoms in total. The largest absolute Gasteiger partial charge is 0.379 e. The Kier molecular flexibility index (Phi) is 9.17. The van der Waals surface area contributed by atoms with Crippen LogP contribution in [0.15, 0.2) is 24.3 Å². The molecule has 0 radical (unpaired) electrons. The zero-order chi connectivity index (χ0) is 16.1. The first kappa shape index (κ1) is 22.2. The van der Waals surface area contributed by atoms with Gasteiger partial charge in [-0.3, -0.25) is 9.69 Å². The van der Waals surface area contributed by atoms with Crippen molar-refractivity contribution in [1.29, 1.82) is 0 Å². The first-order valence-corrected chi connectivity index (χ1v) is 8.61. The smallest absolute Gasteiger partial charge is 0.240 e. The van der Waals surface area contributed by atoms with Gasteiger partial charge in [0.15, 0.2) is 0 Å². The van der Waals surface area contributed by atoms with Crippen molar-refractivity contribution < 1.29 is 9.53 Å². The Morgan fingerprint density at radius 2 is 1.80 bits per heavy atom. The third-order valence-corrected chi connectivity index (χ3v) is 4.90. The molecular weight excluding hydrogens is 361 g/mol. The first-order valence-electron chi connectivity index (χ1n) is 8.61. The number of nitrogens with one attached hydrogen (secondary N) is 1. The molecule has 1 aromatic rings. The van der Waals surface area contributed by atoms with Crippen molar-refractivity contribution in [2.75, 3.05) is 26.3 Å². The number of rotatable bonds is 5. The van der Waals surface area contributed by atoms with Crippen LogP contribution in [0.3, 0.4) is 0 Å². The zero-order valence-corrected chi connectivity index (χ0v) is 16.2. The van der Waals surface area contributed by atoms with Crippen LogP contribution in [0.1, 0.15) is 36.8 Å². The van der Waals surface area contributed by atoms with Gasteiger partial charge in [-0.1, -0.05) is 37.1 Å². The highest BCUT2D eigenvalue weighted by atomic mass is 35.5. The summed E-state index contributed by atoms with van der Waals surface area (Å²) in [4.78, 5) is 14.7. The molecule has 1 saturated carbocycles. The van der Waals surface area contributed by atoms with E-state index in [2.05, 4.69) is 34.5 Å². The molecule has 1 aliphatic carbocycles. The van der Waals surface area contributed by atoms with Crippen molar-refractivity contribution in [3.63, 3.8) is 0 Å². The summed E-state index contributed by atoms with van der Waals surface area (Å²) >= 11 is 0. The van der Waals surface area contributed by atoms with E-state index in [1.165, 1.54) is 5.56 Å². The lowest BCUT2D eigenvalue weighted by atomic mass is 9.98. The molecule has 1 amide bonds. The number of carbonyl (C=O) groups excluding carboxylic acids is 1. The molecule has 0 atom stereocenters. The van der Waals surface area contributed by atoms with Gasteiger partial charge in [-0.2, -0.15) is 0 Å². The van der Waals surface area contributed by atoms with Crippen molar-refractivity contribution in [2.45, 2.75) is 44.3 Å². The lowest BCUT2D eigenvalue weighted by Crippen LogP contribution is -2.51. The second kappa shape index (κ2) is 10.3. The van der Waals surface area contributed by atoms with Crippen molar-refractivity contribution in [2.24, 2.45) is 5.73 Å². The van der Waals surface area contributed by atoms with Crippen LogP contribution in [-0.4, -0.2) is 42.6 Å². The monoisotopic (exact) mass is 389 g/mol. The van der Waals surface area contributed by atoms with Gasteiger partial charge < -0.3 is 15.8 Å². The fraction of sp³-hybridized carbons (Fsp3) is 0.611. The molecule has 25 heavy (non-hydrogen) atoms. The highest BCUT2D eigenvalue weighted by Gasteiger charge is 2.36. The van der Waals surface area contributed by atoms with Crippen LogP contribution in [0.4, 0.5) is 0 Å². The van der Waals surface area contributed by atoms with Crippen LogP contribution >= 0.6 is 24.8 Å². The van der Waals surface area contributed by atoms with Gasteiger partial charge in [0.05, 0.1) is 18.8 Å². The summed E-state index contributed by atoms with van der Waals surface area (Å²) in [5.41, 5.74) is 7.95. The fourth-order valence-corrected chi connectivity index (χ4v) is 3.45. The van der Waals surface area contributed by atoms with E-state index in [9.17, 15) is 4.79 Å². The molecule has 1 heterocycles. The number of morpholine rings is 1. The summed E-state index contributed by atoms with van der Waals surface area (Å²) in [5, 5.41) is 3.01. The van der Waals surface area contributed by atoms with Gasteiger partial charge in [0.1, 0.15) is 0 Å². The minimum atomic E-state index is -0.647. The van der Waals surface area contributed by atoms with Crippen molar-refractivity contribution in [1.82, 2.24) is 10.2 Å². The number of nitrogens with zero attached hydrogens (tertiary/aromatic N) is 1. The Balaban J connectivity index is 0.00000156. The fourth-order valence-electron chi connectivity index (χ4n) is 3.45. The molecule has 1 aromatic carbocycles. The topological polar surface area (TPSA) is 67.6 Å². The Hall–Kier alpha value is -0.850. The molecule has 0 spiro atoms. The third-order valence-electron chi connectivity index (χ3n) is 4.90. The van der Waals surface area contributed by atoms with Gasteiger partial charge in [-0.05, 0) is 24.0 Å². The summed E-state index contributed by atoms with van der Waals surface area (Å²) in [6.45, 7) is 5.08. The van der Waals surface area contributed by atoms with E-state index >= 15 is 0 Å². The molecule has 7 heteroatoms. The number of hydrogen-bond donors (Lipinski definition) is 2. The lowest BCUT2D eigenvalue weighted by Gasteiger charge is -2.26. The number of nitrogens with two attached hydrogens (primary N) is 1. The molecule has 0 bridgehead atoms. The van der Waals surface area contributed by atoms with E-state index in [1.54, 1.807) is 0 Å². The Morgan fingerprint density at radius 1 is 1.16 bits per heavy atom. The van der Waals surface area contributed by atoms with Crippen molar-refractivity contribution in [3.05, 3.63) is 35.4 Å². The SMILES string of the molecule is Cl.Cl.NC1(C(=O)NCc2cccc(CN3CCOCC3)c2)CCCC1. The average Bonchev–Trinajstić information content (AvgIpc) is 3.02. The number of amides is 1. The predicted molar refractivity (Wildman–Crippen MR) is 104 cm³/mol. The number of halogens is 2. The minimum absolute atomic E-state index is 0. The summed E-state index contributed by atoms with van der Waals surface area (Å²) in [6, 6.07) is 8.43. The van der Waals surface area contributed by atoms with Crippen LogP contribution in [0.5, 0.6) is 0 Å². The van der Waals surface area contributed by atoms with Gasteiger partial charge in [-0.15, -0.1) is 24.8 Å². The number of hydrogen-bond acceptors (Lipinski definition) is 4. The van der Waals surface area contributed by atoms with Crippen LogP contribution in [0.2, 0.25) is 0 Å². The molecule has 0 unspecified atom stereocenters. The summed E-state index contributed by atoms with van der Waals surface area (Å²) in [6.07, 6.45) is 3.71. The van der Waals surface area contributed by atoms with Gasteiger partial charge >= 0.3 is 0 Å². The molecule has 3 N–H and O–H groups in total. The lowest BCUT2D eigenvalue weighted by molar-refractivity contribution is -0.126. The van der Waals surface area contributed by atoms with E-state index in [1.807, 2.05) is 0 Å².